The Bertz CT molecular complexity index is 402. The van der Waals surface area contributed by atoms with Gasteiger partial charge in [0.2, 0.25) is 0 Å². The third-order valence-electron chi connectivity index (χ3n) is 4.16. The average Bonchev–Trinajstić information content (AvgIpc) is 2.40. The Hall–Kier alpha value is -1.29. The predicted molar refractivity (Wildman–Crippen MR) is 70.8 cm³/mol. The van der Waals surface area contributed by atoms with Crippen molar-refractivity contribution in [1.29, 1.82) is 5.26 Å². The number of nitriles is 1. The van der Waals surface area contributed by atoms with Gasteiger partial charge in [-0.15, -0.1) is 0 Å². The van der Waals surface area contributed by atoms with Crippen molar-refractivity contribution < 1.29 is 0 Å². The maximum absolute atomic E-state index is 9.28. The number of benzene rings is 1. The standard InChI is InChI=1S/C16H21N/c1-2-10-16(11-6-3-7-12-16)15-9-5-4-8-14(15)13-17/h4-5,8-9H,2-3,6-7,10-12H2,1H3. The van der Waals surface area contributed by atoms with Crippen molar-refractivity contribution in [2.75, 3.05) is 0 Å². The van der Waals surface area contributed by atoms with Gasteiger partial charge >= 0.3 is 0 Å². The quantitative estimate of drug-likeness (QED) is 0.742. The number of hydrogen-bond donors (Lipinski definition) is 0. The van der Waals surface area contributed by atoms with E-state index in [1.807, 2.05) is 12.1 Å². The highest BCUT2D eigenvalue weighted by Crippen LogP contribution is 2.44. The normalized spacial score (nSPS) is 18.6. The molecule has 0 unspecified atom stereocenters. The minimum atomic E-state index is 0.291. The molecule has 0 bridgehead atoms. The van der Waals surface area contributed by atoms with Gasteiger partial charge in [-0.25, -0.2) is 0 Å². The second kappa shape index (κ2) is 5.36. The van der Waals surface area contributed by atoms with E-state index in [-0.39, 0.29) is 0 Å². The molecule has 1 fully saturated rings. The Kier molecular flexibility index (Phi) is 3.84. The van der Waals surface area contributed by atoms with Crippen LogP contribution in [-0.2, 0) is 5.41 Å². The smallest absolute Gasteiger partial charge is 0.0994 e. The molecule has 0 N–H and O–H groups in total. The molecule has 1 heteroatoms. The summed E-state index contributed by atoms with van der Waals surface area (Å²) in [7, 11) is 0. The minimum Gasteiger partial charge on any atom is -0.192 e. The van der Waals surface area contributed by atoms with Gasteiger partial charge < -0.3 is 0 Å². The van der Waals surface area contributed by atoms with Crippen LogP contribution in [0.1, 0.15) is 63.0 Å². The first-order valence-corrected chi connectivity index (χ1v) is 6.82. The number of hydrogen-bond acceptors (Lipinski definition) is 1. The average molecular weight is 227 g/mol. The Morgan fingerprint density at radius 1 is 1.18 bits per heavy atom. The van der Waals surface area contributed by atoms with E-state index >= 15 is 0 Å². The van der Waals surface area contributed by atoms with Crippen LogP contribution in [0.25, 0.3) is 0 Å². The molecule has 1 aliphatic carbocycles. The van der Waals surface area contributed by atoms with Crippen LogP contribution in [0, 0.1) is 11.3 Å². The summed E-state index contributed by atoms with van der Waals surface area (Å²) in [5.41, 5.74) is 2.49. The van der Waals surface area contributed by atoms with E-state index in [1.165, 1.54) is 50.5 Å². The molecular formula is C16H21N. The van der Waals surface area contributed by atoms with Gasteiger partial charge in [-0.2, -0.15) is 5.26 Å². The summed E-state index contributed by atoms with van der Waals surface area (Å²) in [5.74, 6) is 0. The molecule has 1 saturated carbocycles. The van der Waals surface area contributed by atoms with E-state index in [9.17, 15) is 5.26 Å². The maximum atomic E-state index is 9.28. The van der Waals surface area contributed by atoms with E-state index < -0.39 is 0 Å². The van der Waals surface area contributed by atoms with E-state index in [0.717, 1.165) is 5.56 Å². The summed E-state index contributed by atoms with van der Waals surface area (Å²) >= 11 is 0. The molecule has 1 nitrogen and oxygen atoms in total. The van der Waals surface area contributed by atoms with Gasteiger partial charge in [-0.1, -0.05) is 50.8 Å². The van der Waals surface area contributed by atoms with Crippen LogP contribution in [-0.4, -0.2) is 0 Å². The van der Waals surface area contributed by atoms with Crippen LogP contribution in [0.4, 0.5) is 0 Å². The third-order valence-corrected chi connectivity index (χ3v) is 4.16. The van der Waals surface area contributed by atoms with Crippen LogP contribution < -0.4 is 0 Å². The molecule has 0 amide bonds. The van der Waals surface area contributed by atoms with Crippen LogP contribution >= 0.6 is 0 Å². The van der Waals surface area contributed by atoms with Crippen molar-refractivity contribution >= 4 is 0 Å². The van der Waals surface area contributed by atoms with E-state index in [4.69, 9.17) is 0 Å². The first-order valence-electron chi connectivity index (χ1n) is 6.82. The summed E-state index contributed by atoms with van der Waals surface area (Å²) in [6.45, 7) is 2.26. The van der Waals surface area contributed by atoms with E-state index in [0.29, 0.717) is 5.41 Å². The zero-order valence-corrected chi connectivity index (χ0v) is 10.7. The highest BCUT2D eigenvalue weighted by atomic mass is 14.4. The Labute approximate surface area is 104 Å². The van der Waals surface area contributed by atoms with Crippen molar-refractivity contribution in [3.05, 3.63) is 35.4 Å². The molecule has 0 heterocycles. The van der Waals surface area contributed by atoms with Gasteiger partial charge in [0, 0.05) is 0 Å². The lowest BCUT2D eigenvalue weighted by Crippen LogP contribution is -2.29. The number of rotatable bonds is 3. The van der Waals surface area contributed by atoms with Crippen molar-refractivity contribution in [3.63, 3.8) is 0 Å². The first kappa shape index (κ1) is 12.2. The topological polar surface area (TPSA) is 23.8 Å². The first-order chi connectivity index (χ1) is 8.32. The molecule has 0 radical (unpaired) electrons. The van der Waals surface area contributed by atoms with Crippen molar-refractivity contribution in [2.45, 2.75) is 57.3 Å². The van der Waals surface area contributed by atoms with Crippen molar-refractivity contribution in [1.82, 2.24) is 0 Å². The van der Waals surface area contributed by atoms with Crippen LogP contribution in [0.5, 0.6) is 0 Å². The SMILES string of the molecule is CCCC1(c2ccccc2C#N)CCCCC1. The highest BCUT2D eigenvalue weighted by molar-refractivity contribution is 5.42. The van der Waals surface area contributed by atoms with Gasteiger partial charge in [0.15, 0.2) is 0 Å². The molecule has 0 saturated heterocycles. The van der Waals surface area contributed by atoms with Gasteiger partial charge in [0.25, 0.3) is 0 Å². The molecule has 1 aromatic rings. The lowest BCUT2D eigenvalue weighted by atomic mass is 9.66. The highest BCUT2D eigenvalue weighted by Gasteiger charge is 2.34. The van der Waals surface area contributed by atoms with Gasteiger partial charge in [-0.3, -0.25) is 0 Å². The summed E-state index contributed by atoms with van der Waals surface area (Å²) in [4.78, 5) is 0. The van der Waals surface area contributed by atoms with Crippen LogP contribution in [0.15, 0.2) is 24.3 Å². The molecule has 2 rings (SSSR count). The summed E-state index contributed by atoms with van der Waals surface area (Å²) in [5, 5.41) is 9.28. The summed E-state index contributed by atoms with van der Waals surface area (Å²) in [6.07, 6.45) is 8.96. The Balaban J connectivity index is 2.41. The molecule has 17 heavy (non-hydrogen) atoms. The zero-order valence-electron chi connectivity index (χ0n) is 10.7. The summed E-state index contributed by atoms with van der Waals surface area (Å²) < 4.78 is 0. The van der Waals surface area contributed by atoms with E-state index in [1.54, 1.807) is 0 Å². The van der Waals surface area contributed by atoms with Crippen molar-refractivity contribution in [2.24, 2.45) is 0 Å². The third kappa shape index (κ3) is 2.36. The second-order valence-electron chi connectivity index (χ2n) is 5.25. The molecule has 0 spiro atoms. The Morgan fingerprint density at radius 2 is 1.88 bits per heavy atom. The van der Waals surface area contributed by atoms with Crippen LogP contribution in [0.2, 0.25) is 0 Å². The predicted octanol–water partition coefficient (Wildman–Crippen LogP) is 4.56. The fourth-order valence-electron chi connectivity index (χ4n) is 3.40. The molecule has 0 atom stereocenters. The van der Waals surface area contributed by atoms with Gasteiger partial charge in [0.05, 0.1) is 11.6 Å². The number of nitrogens with zero attached hydrogens (tertiary/aromatic N) is 1. The fraction of sp³-hybridized carbons (Fsp3) is 0.562. The molecule has 0 aliphatic heterocycles. The van der Waals surface area contributed by atoms with Gasteiger partial charge in [0.1, 0.15) is 0 Å². The fourth-order valence-corrected chi connectivity index (χ4v) is 3.40. The zero-order chi connectivity index (χ0) is 12.1. The maximum Gasteiger partial charge on any atom is 0.0994 e. The Morgan fingerprint density at radius 3 is 2.53 bits per heavy atom. The summed E-state index contributed by atoms with van der Waals surface area (Å²) in [6, 6.07) is 10.6. The van der Waals surface area contributed by atoms with Crippen LogP contribution in [0.3, 0.4) is 0 Å². The minimum absolute atomic E-state index is 0.291. The lowest BCUT2D eigenvalue weighted by molar-refractivity contribution is 0.271. The van der Waals surface area contributed by atoms with Crippen molar-refractivity contribution in [3.8, 4) is 6.07 Å². The molecule has 1 aliphatic rings. The molecule has 1 aromatic carbocycles. The lowest BCUT2D eigenvalue weighted by Gasteiger charge is -2.38. The molecule has 90 valence electrons. The van der Waals surface area contributed by atoms with E-state index in [2.05, 4.69) is 25.1 Å². The second-order valence-corrected chi connectivity index (χ2v) is 5.25. The monoisotopic (exact) mass is 227 g/mol. The van der Waals surface area contributed by atoms with Gasteiger partial charge in [-0.05, 0) is 36.3 Å². The molecule has 0 aromatic heterocycles. The molecular weight excluding hydrogens is 206 g/mol. The largest absolute Gasteiger partial charge is 0.192 e.